The van der Waals surface area contributed by atoms with E-state index in [-0.39, 0.29) is 12.5 Å². The van der Waals surface area contributed by atoms with Gasteiger partial charge in [0.25, 0.3) is 5.91 Å². The number of carboxylic acid groups (broad SMARTS) is 1. The van der Waals surface area contributed by atoms with Crippen molar-refractivity contribution < 1.29 is 24.2 Å². The summed E-state index contributed by atoms with van der Waals surface area (Å²) in [5.74, 6) is -0.952. The first-order valence-electron chi connectivity index (χ1n) is 8.35. The molecule has 1 unspecified atom stereocenters. The smallest absolute Gasteiger partial charge is 0.308 e. The number of carboxylic acids is 1. The van der Waals surface area contributed by atoms with Gasteiger partial charge in [-0.15, -0.1) is 0 Å². The van der Waals surface area contributed by atoms with Crippen LogP contribution in [0.3, 0.4) is 0 Å². The molecule has 0 bridgehead atoms. The van der Waals surface area contributed by atoms with Crippen molar-refractivity contribution in [3.8, 4) is 11.5 Å². The van der Waals surface area contributed by atoms with E-state index in [1.807, 2.05) is 12.1 Å². The largest absolute Gasteiger partial charge is 0.493 e. The molecule has 0 aromatic heterocycles. The zero-order chi connectivity index (χ0) is 20.0. The van der Waals surface area contributed by atoms with Crippen LogP contribution in [0.2, 0.25) is 5.02 Å². The van der Waals surface area contributed by atoms with E-state index in [2.05, 4.69) is 0 Å². The first-order chi connectivity index (χ1) is 12.8. The highest BCUT2D eigenvalue weighted by atomic mass is 35.5. The predicted octanol–water partition coefficient (Wildman–Crippen LogP) is 3.72. The SMILES string of the molecule is COc1cc(C(=O)N(C)CC(C)C(=O)O)ccc1OCc1ccc(Cl)cc1. The zero-order valence-corrected chi connectivity index (χ0v) is 16.2. The van der Waals surface area contributed by atoms with E-state index in [1.54, 1.807) is 44.3 Å². The molecule has 27 heavy (non-hydrogen) atoms. The van der Waals surface area contributed by atoms with Gasteiger partial charge in [-0.3, -0.25) is 9.59 Å². The first-order valence-corrected chi connectivity index (χ1v) is 8.73. The van der Waals surface area contributed by atoms with Gasteiger partial charge in [-0.05, 0) is 35.9 Å². The van der Waals surface area contributed by atoms with Crippen molar-refractivity contribution in [2.45, 2.75) is 13.5 Å². The maximum atomic E-state index is 12.5. The summed E-state index contributed by atoms with van der Waals surface area (Å²) in [5, 5.41) is 9.64. The number of rotatable bonds is 8. The van der Waals surface area contributed by atoms with Gasteiger partial charge in [-0.2, -0.15) is 0 Å². The summed E-state index contributed by atoms with van der Waals surface area (Å²) in [6.45, 7) is 2.00. The molecule has 7 heteroatoms. The van der Waals surface area contributed by atoms with E-state index >= 15 is 0 Å². The predicted molar refractivity (Wildman–Crippen MR) is 103 cm³/mol. The summed E-state index contributed by atoms with van der Waals surface area (Å²) in [6, 6.07) is 12.2. The van der Waals surface area contributed by atoms with Crippen molar-refractivity contribution >= 4 is 23.5 Å². The number of ether oxygens (including phenoxy) is 2. The lowest BCUT2D eigenvalue weighted by Crippen LogP contribution is -2.33. The molecule has 0 aliphatic heterocycles. The van der Waals surface area contributed by atoms with Gasteiger partial charge in [0.05, 0.1) is 13.0 Å². The molecule has 0 aliphatic carbocycles. The minimum Gasteiger partial charge on any atom is -0.493 e. The number of hydrogen-bond acceptors (Lipinski definition) is 4. The Morgan fingerprint density at radius 3 is 2.41 bits per heavy atom. The number of carbonyl (C=O) groups is 2. The average molecular weight is 392 g/mol. The summed E-state index contributed by atoms with van der Waals surface area (Å²) in [5.41, 5.74) is 1.34. The zero-order valence-electron chi connectivity index (χ0n) is 15.4. The summed E-state index contributed by atoms with van der Waals surface area (Å²) in [6.07, 6.45) is 0. The third-order valence-corrected chi connectivity index (χ3v) is 4.29. The molecule has 144 valence electrons. The molecule has 1 amide bonds. The molecular weight excluding hydrogens is 370 g/mol. The standard InChI is InChI=1S/C20H22ClNO5/c1-13(20(24)25)11-22(2)19(23)15-6-9-17(18(10-15)26-3)27-12-14-4-7-16(21)8-5-14/h4-10,13H,11-12H2,1-3H3,(H,24,25). The lowest BCUT2D eigenvalue weighted by Gasteiger charge is -2.20. The molecule has 0 spiro atoms. The summed E-state index contributed by atoms with van der Waals surface area (Å²) in [4.78, 5) is 24.9. The highest BCUT2D eigenvalue weighted by Crippen LogP contribution is 2.29. The van der Waals surface area contributed by atoms with Gasteiger partial charge in [0.1, 0.15) is 6.61 Å². The Balaban J connectivity index is 2.09. The lowest BCUT2D eigenvalue weighted by atomic mass is 10.1. The van der Waals surface area contributed by atoms with Gasteiger partial charge in [0, 0.05) is 24.2 Å². The second kappa shape index (κ2) is 9.28. The third-order valence-electron chi connectivity index (χ3n) is 4.03. The maximum Gasteiger partial charge on any atom is 0.308 e. The molecule has 0 saturated carbocycles. The fourth-order valence-electron chi connectivity index (χ4n) is 2.45. The summed E-state index contributed by atoms with van der Waals surface area (Å²) >= 11 is 5.87. The number of halogens is 1. The maximum absolute atomic E-state index is 12.5. The number of aliphatic carboxylic acids is 1. The van der Waals surface area contributed by atoms with Crippen LogP contribution in [-0.2, 0) is 11.4 Å². The quantitative estimate of drug-likeness (QED) is 0.742. The minimum absolute atomic E-state index is 0.116. The normalized spacial score (nSPS) is 11.6. The van der Waals surface area contributed by atoms with Gasteiger partial charge in [-0.1, -0.05) is 30.7 Å². The molecule has 0 heterocycles. The lowest BCUT2D eigenvalue weighted by molar-refractivity contribution is -0.141. The Morgan fingerprint density at radius 2 is 1.81 bits per heavy atom. The number of hydrogen-bond donors (Lipinski definition) is 1. The summed E-state index contributed by atoms with van der Waals surface area (Å²) in [7, 11) is 3.06. The van der Waals surface area contributed by atoms with E-state index in [0.29, 0.717) is 28.7 Å². The Kier molecular flexibility index (Phi) is 7.07. The van der Waals surface area contributed by atoms with Gasteiger partial charge in [-0.25, -0.2) is 0 Å². The average Bonchev–Trinajstić information content (AvgIpc) is 2.66. The van der Waals surface area contributed by atoms with Crippen molar-refractivity contribution in [1.82, 2.24) is 4.90 Å². The molecule has 0 fully saturated rings. The van der Waals surface area contributed by atoms with Crippen LogP contribution in [0.15, 0.2) is 42.5 Å². The van der Waals surface area contributed by atoms with Gasteiger partial charge in [0.2, 0.25) is 0 Å². The van der Waals surface area contributed by atoms with Crippen LogP contribution >= 0.6 is 11.6 Å². The minimum atomic E-state index is -0.946. The number of methoxy groups -OCH3 is 1. The van der Waals surface area contributed by atoms with Crippen LogP contribution in [-0.4, -0.2) is 42.6 Å². The Labute approximate surface area is 163 Å². The van der Waals surface area contributed by atoms with Crippen molar-refractivity contribution in [2.24, 2.45) is 5.92 Å². The molecule has 6 nitrogen and oxygen atoms in total. The van der Waals surface area contributed by atoms with Gasteiger partial charge in [0.15, 0.2) is 11.5 Å². The molecule has 1 atom stereocenters. The molecule has 0 saturated heterocycles. The van der Waals surface area contributed by atoms with Crippen LogP contribution < -0.4 is 9.47 Å². The summed E-state index contributed by atoms with van der Waals surface area (Å²) < 4.78 is 11.1. The van der Waals surface area contributed by atoms with Crippen molar-refractivity contribution in [2.75, 3.05) is 20.7 Å². The number of benzene rings is 2. The van der Waals surface area contributed by atoms with Crippen LogP contribution in [0.1, 0.15) is 22.8 Å². The van der Waals surface area contributed by atoms with Crippen LogP contribution in [0.4, 0.5) is 0 Å². The topological polar surface area (TPSA) is 76.1 Å². The highest BCUT2D eigenvalue weighted by molar-refractivity contribution is 6.30. The van der Waals surface area contributed by atoms with Crippen LogP contribution in [0, 0.1) is 5.92 Å². The molecule has 2 aromatic carbocycles. The fourth-order valence-corrected chi connectivity index (χ4v) is 2.58. The van der Waals surface area contributed by atoms with Crippen LogP contribution in [0.25, 0.3) is 0 Å². The molecule has 2 rings (SSSR count). The Bertz CT molecular complexity index is 807. The van der Waals surface area contributed by atoms with E-state index in [0.717, 1.165) is 5.56 Å². The number of amides is 1. The second-order valence-electron chi connectivity index (χ2n) is 6.21. The monoisotopic (exact) mass is 391 g/mol. The van der Waals surface area contributed by atoms with E-state index in [4.69, 9.17) is 26.2 Å². The van der Waals surface area contributed by atoms with Crippen molar-refractivity contribution in [3.05, 3.63) is 58.6 Å². The third kappa shape index (κ3) is 5.62. The van der Waals surface area contributed by atoms with E-state index < -0.39 is 11.9 Å². The van der Waals surface area contributed by atoms with Crippen molar-refractivity contribution in [3.63, 3.8) is 0 Å². The molecular formula is C20H22ClNO5. The van der Waals surface area contributed by atoms with Gasteiger partial charge < -0.3 is 19.5 Å². The Hall–Kier alpha value is -2.73. The molecule has 0 aliphatic rings. The number of carbonyl (C=O) groups excluding carboxylic acids is 1. The molecule has 1 N–H and O–H groups in total. The molecule has 2 aromatic rings. The van der Waals surface area contributed by atoms with Crippen molar-refractivity contribution in [1.29, 1.82) is 0 Å². The highest BCUT2D eigenvalue weighted by Gasteiger charge is 2.20. The molecule has 0 radical (unpaired) electrons. The Morgan fingerprint density at radius 1 is 1.15 bits per heavy atom. The van der Waals surface area contributed by atoms with E-state index in [9.17, 15) is 9.59 Å². The second-order valence-corrected chi connectivity index (χ2v) is 6.64. The first kappa shape index (κ1) is 20.6. The number of nitrogens with zero attached hydrogens (tertiary/aromatic N) is 1. The fraction of sp³-hybridized carbons (Fsp3) is 0.300. The van der Waals surface area contributed by atoms with Crippen LogP contribution in [0.5, 0.6) is 11.5 Å². The van der Waals surface area contributed by atoms with Gasteiger partial charge >= 0.3 is 5.97 Å². The van der Waals surface area contributed by atoms with E-state index in [1.165, 1.54) is 12.0 Å².